The Kier molecular flexibility index (Phi) is 2.90. The monoisotopic (exact) mass is 285 g/mol. The fraction of sp³-hybridized carbons (Fsp3) is 0.611. The van der Waals surface area contributed by atoms with Crippen LogP contribution in [-0.4, -0.2) is 37.1 Å². The van der Waals surface area contributed by atoms with Crippen molar-refractivity contribution in [2.45, 2.75) is 37.8 Å². The predicted molar refractivity (Wildman–Crippen MR) is 80.8 cm³/mol. The minimum absolute atomic E-state index is 0.00462. The second-order valence-corrected chi connectivity index (χ2v) is 7.10. The number of carbonyl (C=O) groups excluding carboxylic acids is 1. The molecule has 0 amide bonds. The van der Waals surface area contributed by atoms with Crippen LogP contribution in [0, 0.1) is 17.3 Å². The summed E-state index contributed by atoms with van der Waals surface area (Å²) in [5.41, 5.74) is 1.76. The molecule has 1 aromatic carbocycles. The van der Waals surface area contributed by atoms with Crippen molar-refractivity contribution >= 4 is 5.97 Å². The molecule has 3 heteroatoms. The van der Waals surface area contributed by atoms with Gasteiger partial charge in [0.15, 0.2) is 0 Å². The fourth-order valence-corrected chi connectivity index (χ4v) is 5.53. The van der Waals surface area contributed by atoms with E-state index in [1.165, 1.54) is 31.9 Å². The Morgan fingerprint density at radius 1 is 1.38 bits per heavy atom. The molecule has 3 nitrogen and oxygen atoms in total. The first-order chi connectivity index (χ1) is 10.2. The van der Waals surface area contributed by atoms with Crippen LogP contribution in [0.1, 0.15) is 24.8 Å². The van der Waals surface area contributed by atoms with Crippen molar-refractivity contribution in [2.24, 2.45) is 17.3 Å². The molecule has 1 aliphatic heterocycles. The molecule has 112 valence electrons. The Morgan fingerprint density at radius 3 is 2.76 bits per heavy atom. The van der Waals surface area contributed by atoms with Gasteiger partial charge in [0, 0.05) is 17.5 Å². The molecule has 1 aromatic rings. The standard InChI is InChI=1S/C18H23NO2/c1-19-14-8-9-18(14)11-13(10-12-6-4-3-5-7-12)15(16(18)19)17(20)21-2/h3-7,13-16H,8-11H2,1-2H3. The van der Waals surface area contributed by atoms with E-state index in [0.29, 0.717) is 17.4 Å². The van der Waals surface area contributed by atoms with Gasteiger partial charge in [-0.25, -0.2) is 0 Å². The van der Waals surface area contributed by atoms with Gasteiger partial charge < -0.3 is 4.74 Å². The molecule has 5 unspecified atom stereocenters. The van der Waals surface area contributed by atoms with Crippen LogP contribution in [0.15, 0.2) is 30.3 Å². The highest BCUT2D eigenvalue weighted by Gasteiger charge is 2.72. The molecule has 0 aromatic heterocycles. The van der Waals surface area contributed by atoms with E-state index in [4.69, 9.17) is 4.74 Å². The van der Waals surface area contributed by atoms with E-state index >= 15 is 0 Å². The molecule has 5 atom stereocenters. The van der Waals surface area contributed by atoms with Gasteiger partial charge in [0.2, 0.25) is 0 Å². The lowest BCUT2D eigenvalue weighted by atomic mass is 9.53. The Balaban J connectivity index is 1.62. The van der Waals surface area contributed by atoms with Gasteiger partial charge in [-0.3, -0.25) is 9.69 Å². The number of methoxy groups -OCH3 is 1. The van der Waals surface area contributed by atoms with Crippen LogP contribution in [0.25, 0.3) is 0 Å². The van der Waals surface area contributed by atoms with Crippen LogP contribution in [0.4, 0.5) is 0 Å². The third-order valence-electron chi connectivity index (χ3n) is 6.37. The first-order valence-electron chi connectivity index (χ1n) is 8.01. The summed E-state index contributed by atoms with van der Waals surface area (Å²) in [5.74, 6) is 0.476. The first-order valence-corrected chi connectivity index (χ1v) is 8.01. The number of rotatable bonds is 3. The summed E-state index contributed by atoms with van der Waals surface area (Å²) in [5, 5.41) is 0. The van der Waals surface area contributed by atoms with Gasteiger partial charge in [0.25, 0.3) is 0 Å². The Morgan fingerprint density at radius 2 is 2.14 bits per heavy atom. The van der Waals surface area contributed by atoms with Gasteiger partial charge in [0.05, 0.1) is 13.0 Å². The van der Waals surface area contributed by atoms with Crippen molar-refractivity contribution < 1.29 is 9.53 Å². The molecule has 1 heterocycles. The first kappa shape index (κ1) is 13.3. The van der Waals surface area contributed by atoms with Crippen LogP contribution in [-0.2, 0) is 16.0 Å². The molecule has 3 fully saturated rings. The zero-order valence-electron chi connectivity index (χ0n) is 12.8. The molecule has 0 radical (unpaired) electrons. The second kappa shape index (κ2) is 4.57. The number of likely N-dealkylation sites (tertiary alicyclic amines) is 1. The van der Waals surface area contributed by atoms with Crippen LogP contribution >= 0.6 is 0 Å². The van der Waals surface area contributed by atoms with E-state index in [1.54, 1.807) is 0 Å². The summed E-state index contributed by atoms with van der Waals surface area (Å²) in [7, 11) is 3.72. The highest BCUT2D eigenvalue weighted by molar-refractivity contribution is 5.75. The van der Waals surface area contributed by atoms with E-state index in [1.807, 2.05) is 6.07 Å². The average Bonchev–Trinajstić information content (AvgIpc) is 2.82. The van der Waals surface area contributed by atoms with Crippen molar-refractivity contribution in [3.8, 4) is 0 Å². The zero-order chi connectivity index (χ0) is 14.6. The smallest absolute Gasteiger partial charge is 0.310 e. The maximum atomic E-state index is 12.4. The highest BCUT2D eigenvalue weighted by Crippen LogP contribution is 2.68. The number of benzene rings is 1. The van der Waals surface area contributed by atoms with Crippen LogP contribution in [0.2, 0.25) is 0 Å². The van der Waals surface area contributed by atoms with Crippen molar-refractivity contribution in [3.05, 3.63) is 35.9 Å². The van der Waals surface area contributed by atoms with Crippen LogP contribution < -0.4 is 0 Å². The molecule has 3 aliphatic rings. The summed E-state index contributed by atoms with van der Waals surface area (Å²) in [4.78, 5) is 14.8. The highest BCUT2D eigenvalue weighted by atomic mass is 16.5. The van der Waals surface area contributed by atoms with Gasteiger partial charge in [0.1, 0.15) is 0 Å². The summed E-state index contributed by atoms with van der Waals surface area (Å²) in [6.45, 7) is 0. The largest absolute Gasteiger partial charge is 0.469 e. The molecule has 21 heavy (non-hydrogen) atoms. The summed E-state index contributed by atoms with van der Waals surface area (Å²) >= 11 is 0. The Labute approximate surface area is 126 Å². The molecule has 0 N–H and O–H groups in total. The third kappa shape index (κ3) is 1.67. The minimum Gasteiger partial charge on any atom is -0.469 e. The average molecular weight is 285 g/mol. The lowest BCUT2D eigenvalue weighted by molar-refractivity contribution is -0.193. The maximum Gasteiger partial charge on any atom is 0.310 e. The number of carbonyl (C=O) groups is 1. The summed E-state index contributed by atoms with van der Waals surface area (Å²) < 4.78 is 5.14. The van der Waals surface area contributed by atoms with Crippen molar-refractivity contribution in [1.82, 2.24) is 4.90 Å². The van der Waals surface area contributed by atoms with E-state index in [-0.39, 0.29) is 11.9 Å². The number of hydrogen-bond acceptors (Lipinski definition) is 3. The lowest BCUT2D eigenvalue weighted by Gasteiger charge is -2.68. The van der Waals surface area contributed by atoms with Crippen molar-refractivity contribution in [2.75, 3.05) is 14.2 Å². The molecule has 1 spiro atoms. The molecule has 2 saturated carbocycles. The molecular weight excluding hydrogens is 262 g/mol. The molecule has 2 aliphatic carbocycles. The number of piperidine rings is 1. The molecular formula is C18H23NO2. The summed E-state index contributed by atoms with van der Waals surface area (Å²) in [6, 6.07) is 11.7. The topological polar surface area (TPSA) is 29.5 Å². The fourth-order valence-electron chi connectivity index (χ4n) is 5.53. The van der Waals surface area contributed by atoms with Gasteiger partial charge in [-0.2, -0.15) is 0 Å². The molecule has 4 rings (SSSR count). The Bertz CT molecular complexity index is 558. The van der Waals surface area contributed by atoms with Gasteiger partial charge in [-0.15, -0.1) is 0 Å². The van der Waals surface area contributed by atoms with Crippen molar-refractivity contribution in [3.63, 3.8) is 0 Å². The lowest BCUT2D eigenvalue weighted by Crippen LogP contribution is -2.75. The number of ether oxygens (including phenoxy) is 1. The van der Waals surface area contributed by atoms with Crippen molar-refractivity contribution in [1.29, 1.82) is 0 Å². The second-order valence-electron chi connectivity index (χ2n) is 7.10. The van der Waals surface area contributed by atoms with Gasteiger partial charge in [-0.1, -0.05) is 30.3 Å². The van der Waals surface area contributed by atoms with E-state index in [9.17, 15) is 4.79 Å². The minimum atomic E-state index is -0.00462. The van der Waals surface area contributed by atoms with E-state index in [0.717, 1.165) is 12.5 Å². The van der Waals surface area contributed by atoms with Crippen LogP contribution in [0.5, 0.6) is 0 Å². The quantitative estimate of drug-likeness (QED) is 0.799. The number of esters is 1. The predicted octanol–water partition coefficient (Wildman–Crippen LogP) is 2.50. The number of nitrogens with zero attached hydrogens (tertiary/aromatic N) is 1. The maximum absolute atomic E-state index is 12.4. The molecule has 1 saturated heterocycles. The normalized spacial score (nSPS) is 40.7. The zero-order valence-corrected chi connectivity index (χ0v) is 12.8. The summed E-state index contributed by atoms with van der Waals surface area (Å²) in [6.07, 6.45) is 4.80. The van der Waals surface area contributed by atoms with Gasteiger partial charge in [-0.05, 0) is 44.2 Å². The van der Waals surface area contributed by atoms with Gasteiger partial charge >= 0.3 is 5.97 Å². The third-order valence-corrected chi connectivity index (χ3v) is 6.37. The van der Waals surface area contributed by atoms with E-state index in [2.05, 4.69) is 36.2 Å². The SMILES string of the molecule is COC(=O)C1C(Cc2ccccc2)CC23CCC2N(C)C13. The van der Waals surface area contributed by atoms with E-state index < -0.39 is 0 Å². The molecule has 0 bridgehead atoms. The number of hydrogen-bond donors (Lipinski definition) is 0. The van der Waals surface area contributed by atoms with Crippen LogP contribution in [0.3, 0.4) is 0 Å². The Hall–Kier alpha value is -1.35.